The van der Waals surface area contributed by atoms with Gasteiger partial charge in [0, 0.05) is 17.2 Å². The van der Waals surface area contributed by atoms with E-state index in [1.165, 1.54) is 0 Å². The van der Waals surface area contributed by atoms with Crippen molar-refractivity contribution in [3.8, 4) is 5.75 Å². The average Bonchev–Trinajstić information content (AvgIpc) is 2.86. The zero-order valence-corrected chi connectivity index (χ0v) is 14.1. The molecule has 1 heterocycles. The van der Waals surface area contributed by atoms with Crippen molar-refractivity contribution in [1.82, 2.24) is 14.9 Å². The van der Waals surface area contributed by atoms with Gasteiger partial charge in [0.15, 0.2) is 0 Å². The van der Waals surface area contributed by atoms with Crippen LogP contribution in [0.5, 0.6) is 5.75 Å². The molecule has 1 N–H and O–H groups in total. The maximum Gasteiger partial charge on any atom is 0.120 e. The first-order valence-corrected chi connectivity index (χ1v) is 8.02. The molecule has 0 aliphatic rings. The van der Waals surface area contributed by atoms with Gasteiger partial charge in [-0.1, -0.05) is 35.8 Å². The summed E-state index contributed by atoms with van der Waals surface area (Å²) in [5.41, 5.74) is 1.07. The van der Waals surface area contributed by atoms with E-state index in [2.05, 4.69) is 50.8 Å². The predicted molar refractivity (Wildman–Crippen MR) is 88.4 cm³/mol. The third kappa shape index (κ3) is 5.89. The number of rotatable bonds is 8. The average molecular weight is 352 g/mol. The largest absolute Gasteiger partial charge is 0.492 e. The molecule has 21 heavy (non-hydrogen) atoms. The molecule has 0 aliphatic carbocycles. The van der Waals surface area contributed by atoms with E-state index in [-0.39, 0.29) is 0 Å². The van der Waals surface area contributed by atoms with Gasteiger partial charge in [-0.15, -0.1) is 0 Å². The van der Waals surface area contributed by atoms with E-state index in [0.29, 0.717) is 12.5 Å². The van der Waals surface area contributed by atoms with Gasteiger partial charge in [-0.25, -0.2) is 4.98 Å². The summed E-state index contributed by atoms with van der Waals surface area (Å²) in [5.74, 6) is 1.54. The SMILES string of the molecule is CC(C)CNCc1cn(CCOc2cccc(Br)c2)cn1. The maximum absolute atomic E-state index is 5.72. The van der Waals surface area contributed by atoms with Crippen molar-refractivity contribution in [2.75, 3.05) is 13.2 Å². The Bertz CT molecular complexity index is 554. The summed E-state index contributed by atoms with van der Waals surface area (Å²) < 4.78 is 8.81. The van der Waals surface area contributed by atoms with Gasteiger partial charge in [0.25, 0.3) is 0 Å². The molecule has 2 rings (SSSR count). The molecule has 2 aromatic rings. The molecule has 0 saturated carbocycles. The summed E-state index contributed by atoms with van der Waals surface area (Å²) in [7, 11) is 0. The fourth-order valence-corrected chi connectivity index (χ4v) is 2.31. The lowest BCUT2D eigenvalue weighted by atomic mass is 10.2. The summed E-state index contributed by atoms with van der Waals surface area (Å²) in [4.78, 5) is 4.39. The highest BCUT2D eigenvalue weighted by molar-refractivity contribution is 9.10. The van der Waals surface area contributed by atoms with E-state index in [1.54, 1.807) is 0 Å². The van der Waals surface area contributed by atoms with E-state index in [9.17, 15) is 0 Å². The Morgan fingerprint density at radius 2 is 2.24 bits per heavy atom. The first-order chi connectivity index (χ1) is 10.1. The molecule has 0 spiro atoms. The normalized spacial score (nSPS) is 11.0. The van der Waals surface area contributed by atoms with Crippen LogP contribution in [-0.2, 0) is 13.1 Å². The zero-order valence-electron chi connectivity index (χ0n) is 12.6. The van der Waals surface area contributed by atoms with Crippen LogP contribution in [-0.4, -0.2) is 22.7 Å². The van der Waals surface area contributed by atoms with E-state index < -0.39 is 0 Å². The van der Waals surface area contributed by atoms with Crippen LogP contribution >= 0.6 is 15.9 Å². The number of nitrogens with one attached hydrogen (secondary N) is 1. The van der Waals surface area contributed by atoms with E-state index in [1.807, 2.05) is 30.6 Å². The number of halogens is 1. The van der Waals surface area contributed by atoms with Gasteiger partial charge in [-0.2, -0.15) is 0 Å². The zero-order chi connectivity index (χ0) is 15.1. The van der Waals surface area contributed by atoms with Crippen molar-refractivity contribution in [3.63, 3.8) is 0 Å². The third-order valence-electron chi connectivity index (χ3n) is 2.96. The quantitative estimate of drug-likeness (QED) is 0.791. The minimum absolute atomic E-state index is 0.631. The molecule has 0 fully saturated rings. The Hall–Kier alpha value is -1.33. The fraction of sp³-hybridized carbons (Fsp3) is 0.438. The second-order valence-electron chi connectivity index (χ2n) is 5.43. The number of aromatic nitrogens is 2. The minimum atomic E-state index is 0.631. The van der Waals surface area contributed by atoms with Crippen molar-refractivity contribution >= 4 is 15.9 Å². The molecular weight excluding hydrogens is 330 g/mol. The van der Waals surface area contributed by atoms with Crippen molar-refractivity contribution in [2.24, 2.45) is 5.92 Å². The summed E-state index contributed by atoms with van der Waals surface area (Å²) >= 11 is 3.43. The van der Waals surface area contributed by atoms with E-state index in [0.717, 1.165) is 35.6 Å². The monoisotopic (exact) mass is 351 g/mol. The van der Waals surface area contributed by atoms with Crippen LogP contribution in [0.4, 0.5) is 0 Å². The Morgan fingerprint density at radius 1 is 1.38 bits per heavy atom. The van der Waals surface area contributed by atoms with E-state index in [4.69, 9.17) is 4.74 Å². The van der Waals surface area contributed by atoms with Crippen molar-refractivity contribution in [2.45, 2.75) is 26.9 Å². The molecular formula is C16H22BrN3O. The first kappa shape index (κ1) is 16.0. The second-order valence-corrected chi connectivity index (χ2v) is 6.35. The number of nitrogens with zero attached hydrogens (tertiary/aromatic N) is 2. The van der Waals surface area contributed by atoms with Gasteiger partial charge >= 0.3 is 0 Å². The Balaban J connectivity index is 1.72. The molecule has 0 bridgehead atoms. The minimum Gasteiger partial charge on any atom is -0.492 e. The van der Waals surface area contributed by atoms with Gasteiger partial charge in [-0.05, 0) is 30.7 Å². The van der Waals surface area contributed by atoms with Gasteiger partial charge < -0.3 is 14.6 Å². The summed E-state index contributed by atoms with van der Waals surface area (Å²) in [6.45, 7) is 7.65. The van der Waals surface area contributed by atoms with Crippen molar-refractivity contribution in [3.05, 3.63) is 47.0 Å². The number of hydrogen-bond acceptors (Lipinski definition) is 3. The van der Waals surface area contributed by atoms with Crippen molar-refractivity contribution < 1.29 is 4.74 Å². The molecule has 0 aliphatic heterocycles. The predicted octanol–water partition coefficient (Wildman–Crippen LogP) is 3.47. The topological polar surface area (TPSA) is 39.1 Å². The van der Waals surface area contributed by atoms with Gasteiger partial charge in [0.1, 0.15) is 12.4 Å². The van der Waals surface area contributed by atoms with Crippen LogP contribution in [0.15, 0.2) is 41.3 Å². The number of ether oxygens (including phenoxy) is 1. The number of benzene rings is 1. The molecule has 0 unspecified atom stereocenters. The standard InChI is InChI=1S/C16H22BrN3O/c1-13(2)9-18-10-15-11-20(12-19-15)6-7-21-16-5-3-4-14(17)8-16/h3-5,8,11-13,18H,6-7,9-10H2,1-2H3. The first-order valence-electron chi connectivity index (χ1n) is 7.23. The van der Waals surface area contributed by atoms with Gasteiger partial charge in [0.2, 0.25) is 0 Å². The summed E-state index contributed by atoms with van der Waals surface area (Å²) in [6.07, 6.45) is 3.92. The van der Waals surface area contributed by atoms with Crippen LogP contribution in [0.1, 0.15) is 19.5 Å². The molecule has 0 amide bonds. The maximum atomic E-state index is 5.72. The fourth-order valence-electron chi connectivity index (χ4n) is 1.93. The van der Waals surface area contributed by atoms with Crippen LogP contribution in [0.3, 0.4) is 0 Å². The number of hydrogen-bond donors (Lipinski definition) is 1. The molecule has 1 aromatic carbocycles. The smallest absolute Gasteiger partial charge is 0.120 e. The molecule has 4 nitrogen and oxygen atoms in total. The Morgan fingerprint density at radius 3 is 3.00 bits per heavy atom. The Labute approximate surface area is 134 Å². The van der Waals surface area contributed by atoms with Gasteiger partial charge in [-0.3, -0.25) is 0 Å². The lowest BCUT2D eigenvalue weighted by molar-refractivity contribution is 0.298. The van der Waals surface area contributed by atoms with E-state index >= 15 is 0 Å². The molecule has 0 saturated heterocycles. The highest BCUT2D eigenvalue weighted by Crippen LogP contribution is 2.17. The molecule has 5 heteroatoms. The lowest BCUT2D eigenvalue weighted by Gasteiger charge is -2.07. The second kappa shape index (κ2) is 8.20. The van der Waals surface area contributed by atoms with Crippen LogP contribution in [0, 0.1) is 5.92 Å². The van der Waals surface area contributed by atoms with Crippen LogP contribution in [0.25, 0.3) is 0 Å². The highest BCUT2D eigenvalue weighted by Gasteiger charge is 2.00. The van der Waals surface area contributed by atoms with Crippen molar-refractivity contribution in [1.29, 1.82) is 0 Å². The lowest BCUT2D eigenvalue weighted by Crippen LogP contribution is -2.19. The van der Waals surface area contributed by atoms with Crippen LogP contribution in [0.2, 0.25) is 0 Å². The van der Waals surface area contributed by atoms with Crippen LogP contribution < -0.4 is 10.1 Å². The summed E-state index contributed by atoms with van der Waals surface area (Å²) in [6, 6.07) is 7.88. The molecule has 1 aromatic heterocycles. The third-order valence-corrected chi connectivity index (χ3v) is 3.45. The van der Waals surface area contributed by atoms with Gasteiger partial charge in [0.05, 0.1) is 18.6 Å². The molecule has 0 radical (unpaired) electrons. The summed E-state index contributed by atoms with van der Waals surface area (Å²) in [5, 5.41) is 3.39. The molecule has 114 valence electrons. The Kier molecular flexibility index (Phi) is 6.26. The molecule has 0 atom stereocenters. The number of imidazole rings is 1. The highest BCUT2D eigenvalue weighted by atomic mass is 79.9.